The maximum atomic E-state index is 3.44. The van der Waals surface area contributed by atoms with Crippen molar-refractivity contribution >= 4 is 46.5 Å². The monoisotopic (exact) mass is 395 g/mol. The second-order valence-electron chi connectivity index (χ2n) is 5.66. The van der Waals surface area contributed by atoms with Crippen LogP contribution in [0.1, 0.15) is 0 Å². The Balaban J connectivity index is 0.00000113. The summed E-state index contributed by atoms with van der Waals surface area (Å²) < 4.78 is 2.49. The average molecular weight is 396 g/mol. The zero-order valence-corrected chi connectivity index (χ0v) is 16.3. The highest BCUT2D eigenvalue weighted by molar-refractivity contribution is 8.16. The molecular weight excluding hydrogens is 373 g/mol. The molecule has 2 aliphatic heterocycles. The molecule has 0 saturated carbocycles. The fourth-order valence-electron chi connectivity index (χ4n) is 3.04. The molecule has 134 valence electrons. The topological polar surface area (TPSA) is 18.5 Å². The highest BCUT2D eigenvalue weighted by Gasteiger charge is 2.26. The number of nitrogens with one attached hydrogen (secondary N) is 1. The summed E-state index contributed by atoms with van der Waals surface area (Å²) in [7, 11) is -0.0575. The predicted octanol–water partition coefficient (Wildman–Crippen LogP) is 4.14. The molecule has 3 nitrogen and oxygen atoms in total. The zero-order valence-electron chi connectivity index (χ0n) is 13.9. The molecule has 0 spiro atoms. The van der Waals surface area contributed by atoms with E-state index < -0.39 is 0 Å². The molecule has 1 unspecified atom stereocenters. The van der Waals surface area contributed by atoms with Gasteiger partial charge < -0.3 is 10.2 Å². The number of rotatable bonds is 3. The van der Waals surface area contributed by atoms with Crippen molar-refractivity contribution in [3.05, 3.63) is 72.6 Å². The van der Waals surface area contributed by atoms with Gasteiger partial charge in [-0.1, -0.05) is 47.1 Å². The van der Waals surface area contributed by atoms with Gasteiger partial charge in [-0.05, 0) is 35.7 Å². The number of nitrogens with zero attached hydrogens (tertiary/aromatic N) is 2. The molecule has 2 aromatic carbocycles. The smallest absolute Gasteiger partial charge is 0.119 e. The van der Waals surface area contributed by atoms with Gasteiger partial charge in [0.05, 0.1) is 5.69 Å². The molecule has 1 fully saturated rings. The minimum Gasteiger partial charge on any atom is -0.355 e. The van der Waals surface area contributed by atoms with Crippen LogP contribution < -0.4 is 9.62 Å². The van der Waals surface area contributed by atoms with Crippen LogP contribution in [0.4, 0.5) is 5.69 Å². The largest absolute Gasteiger partial charge is 0.355 e. The SMILES string of the molecule is C1=C(N2CCNCC2)N(c2ccccc2)S(c2ccccc2)=C1.Cl.Cl. The Morgan fingerprint density at radius 3 is 2.04 bits per heavy atom. The number of halogens is 2. The van der Waals surface area contributed by atoms with Gasteiger partial charge in [-0.3, -0.25) is 4.31 Å². The first kappa shape index (κ1) is 19.9. The van der Waals surface area contributed by atoms with Crippen LogP contribution in [0, 0.1) is 0 Å². The molecule has 2 heterocycles. The van der Waals surface area contributed by atoms with Crippen LogP contribution in [0.3, 0.4) is 0 Å². The summed E-state index contributed by atoms with van der Waals surface area (Å²) in [6.45, 7) is 4.24. The van der Waals surface area contributed by atoms with Crippen molar-refractivity contribution in [2.75, 3.05) is 30.5 Å². The summed E-state index contributed by atoms with van der Waals surface area (Å²) in [4.78, 5) is 3.85. The third-order valence-corrected chi connectivity index (χ3v) is 6.11. The van der Waals surface area contributed by atoms with Crippen molar-refractivity contribution in [2.45, 2.75) is 4.90 Å². The van der Waals surface area contributed by atoms with Crippen LogP contribution in [-0.2, 0) is 0 Å². The van der Waals surface area contributed by atoms with Crippen molar-refractivity contribution in [3.63, 3.8) is 0 Å². The lowest BCUT2D eigenvalue weighted by molar-refractivity contribution is 0.299. The van der Waals surface area contributed by atoms with Crippen molar-refractivity contribution in [1.29, 1.82) is 0 Å². The van der Waals surface area contributed by atoms with Crippen LogP contribution in [0.5, 0.6) is 0 Å². The fourth-order valence-corrected chi connectivity index (χ4v) is 4.94. The summed E-state index contributed by atoms with van der Waals surface area (Å²) in [6, 6.07) is 21.5. The molecule has 0 aromatic heterocycles. The number of hydrogen-bond donors (Lipinski definition) is 1. The lowest BCUT2D eigenvalue weighted by Crippen LogP contribution is -2.45. The number of benzene rings is 2. The molecule has 2 aromatic rings. The van der Waals surface area contributed by atoms with Crippen LogP contribution in [0.25, 0.3) is 0 Å². The second-order valence-corrected chi connectivity index (χ2v) is 7.39. The summed E-state index contributed by atoms with van der Waals surface area (Å²) in [5, 5.41) is 5.79. The van der Waals surface area contributed by atoms with Crippen molar-refractivity contribution in [3.8, 4) is 0 Å². The second kappa shape index (κ2) is 9.30. The van der Waals surface area contributed by atoms with Crippen molar-refractivity contribution in [1.82, 2.24) is 10.2 Å². The van der Waals surface area contributed by atoms with Gasteiger partial charge in [0.2, 0.25) is 0 Å². The first-order valence-electron chi connectivity index (χ1n) is 8.08. The summed E-state index contributed by atoms with van der Waals surface area (Å²) in [5.41, 5.74) is 1.26. The Morgan fingerprint density at radius 2 is 1.40 bits per heavy atom. The van der Waals surface area contributed by atoms with Gasteiger partial charge in [-0.2, -0.15) is 0 Å². The molecule has 1 N–H and O–H groups in total. The Labute approximate surface area is 164 Å². The first-order valence-corrected chi connectivity index (χ1v) is 9.32. The third-order valence-electron chi connectivity index (χ3n) is 4.17. The highest BCUT2D eigenvalue weighted by atomic mass is 35.5. The Hall–Kier alpha value is -1.46. The van der Waals surface area contributed by atoms with Gasteiger partial charge in [0.15, 0.2) is 0 Å². The maximum Gasteiger partial charge on any atom is 0.119 e. The number of para-hydroxylation sites is 1. The lowest BCUT2D eigenvalue weighted by Gasteiger charge is -2.37. The minimum absolute atomic E-state index is 0. The van der Waals surface area contributed by atoms with Gasteiger partial charge in [0, 0.05) is 31.1 Å². The van der Waals surface area contributed by atoms with E-state index in [-0.39, 0.29) is 35.5 Å². The molecule has 6 heteroatoms. The van der Waals surface area contributed by atoms with E-state index in [1.54, 1.807) is 0 Å². The third kappa shape index (κ3) is 4.21. The highest BCUT2D eigenvalue weighted by Crippen LogP contribution is 2.42. The van der Waals surface area contributed by atoms with Gasteiger partial charge in [0.25, 0.3) is 0 Å². The summed E-state index contributed by atoms with van der Waals surface area (Å²) in [5.74, 6) is 1.32. The van der Waals surface area contributed by atoms with Crippen molar-refractivity contribution < 1.29 is 0 Å². The number of hydrogen-bond acceptors (Lipinski definition) is 3. The number of anilines is 1. The molecule has 0 amide bonds. The molecule has 1 saturated heterocycles. The van der Waals surface area contributed by atoms with E-state index in [0.29, 0.717) is 0 Å². The van der Waals surface area contributed by atoms with E-state index in [9.17, 15) is 0 Å². The van der Waals surface area contributed by atoms with E-state index in [1.807, 2.05) is 0 Å². The molecule has 1 atom stereocenters. The first-order chi connectivity index (χ1) is 11.4. The zero-order chi connectivity index (χ0) is 15.5. The van der Waals surface area contributed by atoms with Gasteiger partial charge >= 0.3 is 0 Å². The Morgan fingerprint density at radius 1 is 0.800 bits per heavy atom. The number of piperazine rings is 1. The van der Waals surface area contributed by atoms with Gasteiger partial charge in [-0.25, -0.2) is 0 Å². The minimum atomic E-state index is -0.0575. The van der Waals surface area contributed by atoms with Crippen LogP contribution in [-0.4, -0.2) is 36.4 Å². The van der Waals surface area contributed by atoms with Crippen LogP contribution in [0.2, 0.25) is 0 Å². The normalized spacial score (nSPS) is 19.4. The molecule has 0 aliphatic carbocycles. The van der Waals surface area contributed by atoms with Crippen molar-refractivity contribution in [2.24, 2.45) is 0 Å². The average Bonchev–Trinajstić information content (AvgIpc) is 3.09. The van der Waals surface area contributed by atoms with Gasteiger partial charge in [0.1, 0.15) is 5.82 Å². The maximum absolute atomic E-state index is 3.44. The predicted molar refractivity (Wildman–Crippen MR) is 114 cm³/mol. The standard InChI is InChI=1S/C19H21N3S.2ClH/c1-3-7-17(8-4-1)22-19(21-14-12-20-13-15-21)11-16-23(22)18-9-5-2-6-10-18;;/h1-11,16,20H,12-15H2;2*1H. The molecule has 0 bridgehead atoms. The lowest BCUT2D eigenvalue weighted by atomic mass is 10.3. The van der Waals surface area contributed by atoms with Crippen LogP contribution >= 0.6 is 35.5 Å². The Kier molecular flexibility index (Phi) is 7.38. The van der Waals surface area contributed by atoms with E-state index in [0.717, 1.165) is 26.2 Å². The fraction of sp³-hybridized carbons (Fsp3) is 0.211. The molecule has 0 radical (unpaired) electrons. The summed E-state index contributed by atoms with van der Waals surface area (Å²) >= 11 is 0. The van der Waals surface area contributed by atoms with E-state index in [2.05, 4.69) is 86.6 Å². The van der Waals surface area contributed by atoms with E-state index in [4.69, 9.17) is 0 Å². The Bertz CT molecular complexity index is 729. The van der Waals surface area contributed by atoms with E-state index in [1.165, 1.54) is 16.4 Å². The van der Waals surface area contributed by atoms with E-state index >= 15 is 0 Å². The quantitative estimate of drug-likeness (QED) is 0.787. The number of allylic oxidation sites excluding steroid dienone is 1. The van der Waals surface area contributed by atoms with Crippen LogP contribution in [0.15, 0.2) is 77.5 Å². The molecular formula is C19H23Cl2N3S. The van der Waals surface area contributed by atoms with Gasteiger partial charge in [-0.15, -0.1) is 24.8 Å². The summed E-state index contributed by atoms with van der Waals surface area (Å²) in [6.07, 6.45) is 2.30. The molecule has 4 rings (SSSR count). The molecule has 2 aliphatic rings. The molecule has 25 heavy (non-hydrogen) atoms.